The molecular formula is C10H9IN4O. The number of aromatic amines is 1. The zero-order chi connectivity index (χ0) is 11.5. The van der Waals surface area contributed by atoms with Gasteiger partial charge in [0.25, 0.3) is 5.91 Å². The Morgan fingerprint density at radius 1 is 1.50 bits per heavy atom. The van der Waals surface area contributed by atoms with Crippen LogP contribution in [-0.4, -0.2) is 21.1 Å². The van der Waals surface area contributed by atoms with E-state index >= 15 is 0 Å². The monoisotopic (exact) mass is 328 g/mol. The zero-order valence-electron chi connectivity index (χ0n) is 8.49. The quantitative estimate of drug-likeness (QED) is 0.828. The first-order valence-corrected chi connectivity index (χ1v) is 5.67. The van der Waals surface area contributed by atoms with Crippen molar-refractivity contribution in [3.8, 4) is 0 Å². The Kier molecular flexibility index (Phi) is 3.18. The van der Waals surface area contributed by atoms with E-state index in [1.807, 2.05) is 19.1 Å². The van der Waals surface area contributed by atoms with Gasteiger partial charge in [0.05, 0.1) is 0 Å². The number of anilines is 1. The van der Waals surface area contributed by atoms with Gasteiger partial charge < -0.3 is 0 Å². The second-order valence-electron chi connectivity index (χ2n) is 3.25. The van der Waals surface area contributed by atoms with Crippen molar-refractivity contribution in [1.29, 1.82) is 0 Å². The van der Waals surface area contributed by atoms with Crippen molar-refractivity contribution in [3.63, 3.8) is 0 Å². The Labute approximate surface area is 106 Å². The SMILES string of the molecule is Cc1cc(C(=O)Nc2ncn[nH]2)ccc1I. The third-order valence-corrected chi connectivity index (χ3v) is 3.28. The van der Waals surface area contributed by atoms with Crippen LogP contribution in [0.25, 0.3) is 0 Å². The number of carbonyl (C=O) groups excluding carboxylic acids is 1. The molecule has 16 heavy (non-hydrogen) atoms. The minimum absolute atomic E-state index is 0.198. The maximum atomic E-state index is 11.8. The Bertz CT molecular complexity index is 510. The molecule has 0 unspecified atom stereocenters. The maximum absolute atomic E-state index is 11.8. The molecule has 0 radical (unpaired) electrons. The number of hydrogen-bond donors (Lipinski definition) is 2. The fraction of sp³-hybridized carbons (Fsp3) is 0.100. The first kappa shape index (κ1) is 11.1. The third-order valence-electron chi connectivity index (χ3n) is 2.07. The molecule has 0 aliphatic heterocycles. The van der Waals surface area contributed by atoms with E-state index in [1.54, 1.807) is 6.07 Å². The molecule has 1 heterocycles. The molecule has 0 saturated heterocycles. The van der Waals surface area contributed by atoms with E-state index < -0.39 is 0 Å². The zero-order valence-corrected chi connectivity index (χ0v) is 10.6. The van der Waals surface area contributed by atoms with Crippen LogP contribution >= 0.6 is 22.6 Å². The van der Waals surface area contributed by atoms with Crippen LogP contribution in [0.5, 0.6) is 0 Å². The van der Waals surface area contributed by atoms with Crippen molar-refractivity contribution in [3.05, 3.63) is 39.2 Å². The third kappa shape index (κ3) is 2.38. The Hall–Kier alpha value is -1.44. The van der Waals surface area contributed by atoms with E-state index in [0.717, 1.165) is 9.13 Å². The van der Waals surface area contributed by atoms with Crippen molar-refractivity contribution in [2.75, 3.05) is 5.32 Å². The van der Waals surface area contributed by atoms with Crippen LogP contribution in [0.1, 0.15) is 15.9 Å². The standard InChI is InChI=1S/C10H9IN4O/c1-6-4-7(2-3-8(6)11)9(16)14-10-12-5-13-15-10/h2-5H,1H3,(H2,12,13,14,15,16). The molecule has 0 aliphatic carbocycles. The fourth-order valence-corrected chi connectivity index (χ4v) is 1.57. The van der Waals surface area contributed by atoms with Gasteiger partial charge in [-0.2, -0.15) is 10.1 Å². The van der Waals surface area contributed by atoms with Crippen molar-refractivity contribution >= 4 is 34.4 Å². The summed E-state index contributed by atoms with van der Waals surface area (Å²) in [6, 6.07) is 5.53. The Morgan fingerprint density at radius 3 is 2.94 bits per heavy atom. The van der Waals surface area contributed by atoms with Gasteiger partial charge in [-0.15, -0.1) is 0 Å². The summed E-state index contributed by atoms with van der Waals surface area (Å²) in [6.45, 7) is 1.97. The summed E-state index contributed by atoms with van der Waals surface area (Å²) in [5.41, 5.74) is 1.68. The number of carbonyl (C=O) groups is 1. The normalized spacial score (nSPS) is 10.1. The molecule has 0 spiro atoms. The van der Waals surface area contributed by atoms with Crippen LogP contribution in [0.4, 0.5) is 5.95 Å². The van der Waals surface area contributed by atoms with E-state index in [2.05, 4.69) is 43.1 Å². The number of nitrogens with one attached hydrogen (secondary N) is 2. The summed E-state index contributed by atoms with van der Waals surface area (Å²) in [5, 5.41) is 8.83. The molecule has 82 valence electrons. The molecule has 2 aromatic rings. The van der Waals surface area contributed by atoms with Crippen molar-refractivity contribution in [2.45, 2.75) is 6.92 Å². The molecule has 0 aliphatic rings. The molecule has 2 rings (SSSR count). The summed E-state index contributed by atoms with van der Waals surface area (Å²) >= 11 is 2.23. The van der Waals surface area contributed by atoms with E-state index in [9.17, 15) is 4.79 Å². The number of nitrogens with zero attached hydrogens (tertiary/aromatic N) is 2. The smallest absolute Gasteiger partial charge is 0.258 e. The lowest BCUT2D eigenvalue weighted by atomic mass is 10.1. The summed E-state index contributed by atoms with van der Waals surface area (Å²) in [7, 11) is 0. The minimum Gasteiger partial charge on any atom is -0.291 e. The largest absolute Gasteiger partial charge is 0.291 e. The lowest BCUT2D eigenvalue weighted by Crippen LogP contribution is -2.13. The summed E-state index contributed by atoms with van der Waals surface area (Å²) in [4.78, 5) is 15.6. The molecule has 6 heteroatoms. The number of H-pyrrole nitrogens is 1. The number of halogens is 1. The molecule has 0 atom stereocenters. The average molecular weight is 328 g/mol. The average Bonchev–Trinajstić information content (AvgIpc) is 2.74. The van der Waals surface area contributed by atoms with Crippen molar-refractivity contribution in [1.82, 2.24) is 15.2 Å². The topological polar surface area (TPSA) is 70.7 Å². The second-order valence-corrected chi connectivity index (χ2v) is 4.41. The predicted octanol–water partition coefficient (Wildman–Crippen LogP) is 1.97. The molecule has 0 fully saturated rings. The molecule has 1 amide bonds. The van der Waals surface area contributed by atoms with Crippen LogP contribution < -0.4 is 5.32 Å². The first-order chi connectivity index (χ1) is 7.66. The maximum Gasteiger partial charge on any atom is 0.258 e. The summed E-state index contributed by atoms with van der Waals surface area (Å²) < 4.78 is 1.13. The highest BCUT2D eigenvalue weighted by Gasteiger charge is 2.08. The van der Waals surface area contributed by atoms with Crippen LogP contribution in [0.3, 0.4) is 0 Å². The minimum atomic E-state index is -0.198. The van der Waals surface area contributed by atoms with Gasteiger partial charge in [-0.3, -0.25) is 10.1 Å². The van der Waals surface area contributed by atoms with E-state index in [-0.39, 0.29) is 5.91 Å². The van der Waals surface area contributed by atoms with Gasteiger partial charge in [0, 0.05) is 9.13 Å². The van der Waals surface area contributed by atoms with Gasteiger partial charge in [-0.05, 0) is 53.3 Å². The van der Waals surface area contributed by atoms with Crippen LogP contribution in [0.2, 0.25) is 0 Å². The number of benzene rings is 1. The molecule has 0 bridgehead atoms. The first-order valence-electron chi connectivity index (χ1n) is 4.59. The molecule has 0 saturated carbocycles. The highest BCUT2D eigenvalue weighted by Crippen LogP contribution is 2.13. The van der Waals surface area contributed by atoms with Gasteiger partial charge in [-0.1, -0.05) is 0 Å². The number of aryl methyl sites for hydroxylation is 1. The lowest BCUT2D eigenvalue weighted by molar-refractivity contribution is 0.102. The van der Waals surface area contributed by atoms with E-state index in [1.165, 1.54) is 6.33 Å². The molecule has 2 N–H and O–H groups in total. The van der Waals surface area contributed by atoms with Crippen LogP contribution in [-0.2, 0) is 0 Å². The fourth-order valence-electron chi connectivity index (χ4n) is 1.23. The summed E-state index contributed by atoms with van der Waals surface area (Å²) in [5.74, 6) is 0.150. The van der Waals surface area contributed by atoms with Crippen LogP contribution in [0.15, 0.2) is 24.5 Å². The number of rotatable bonds is 2. The number of hydrogen-bond acceptors (Lipinski definition) is 3. The highest BCUT2D eigenvalue weighted by molar-refractivity contribution is 14.1. The van der Waals surface area contributed by atoms with Gasteiger partial charge >= 0.3 is 0 Å². The number of aromatic nitrogens is 3. The van der Waals surface area contributed by atoms with Crippen LogP contribution in [0, 0.1) is 10.5 Å². The Balaban J connectivity index is 2.18. The van der Waals surface area contributed by atoms with E-state index in [4.69, 9.17) is 0 Å². The lowest BCUT2D eigenvalue weighted by Gasteiger charge is -2.03. The van der Waals surface area contributed by atoms with Crippen molar-refractivity contribution < 1.29 is 4.79 Å². The van der Waals surface area contributed by atoms with Gasteiger partial charge in [0.15, 0.2) is 0 Å². The van der Waals surface area contributed by atoms with E-state index in [0.29, 0.717) is 11.5 Å². The molecular weight excluding hydrogens is 319 g/mol. The highest BCUT2D eigenvalue weighted by atomic mass is 127. The predicted molar refractivity (Wildman–Crippen MR) is 68.2 cm³/mol. The second kappa shape index (κ2) is 4.60. The molecule has 5 nitrogen and oxygen atoms in total. The number of amides is 1. The molecule has 1 aromatic carbocycles. The Morgan fingerprint density at radius 2 is 2.31 bits per heavy atom. The summed E-state index contributed by atoms with van der Waals surface area (Å²) in [6.07, 6.45) is 1.34. The van der Waals surface area contributed by atoms with Gasteiger partial charge in [-0.25, -0.2) is 5.10 Å². The van der Waals surface area contributed by atoms with Crippen molar-refractivity contribution in [2.24, 2.45) is 0 Å². The van der Waals surface area contributed by atoms with Gasteiger partial charge in [0.1, 0.15) is 6.33 Å². The van der Waals surface area contributed by atoms with Gasteiger partial charge in [0.2, 0.25) is 5.95 Å². The molecule has 1 aromatic heterocycles.